The van der Waals surface area contributed by atoms with Gasteiger partial charge in [0.2, 0.25) is 5.91 Å². The smallest absolute Gasteiger partial charge is 0.220 e. The molecule has 0 atom stereocenters. The van der Waals surface area contributed by atoms with E-state index in [1.54, 1.807) is 19.1 Å². The summed E-state index contributed by atoms with van der Waals surface area (Å²) in [6.45, 7) is 4.02. The summed E-state index contributed by atoms with van der Waals surface area (Å²) in [5.74, 6) is 6.45. The Morgan fingerprint density at radius 3 is 2.92 bits per heavy atom. The van der Waals surface area contributed by atoms with Crippen LogP contribution >= 0.6 is 11.6 Å². The van der Waals surface area contributed by atoms with Gasteiger partial charge in [-0.1, -0.05) is 23.7 Å². The van der Waals surface area contributed by atoms with Crippen LogP contribution in [-0.2, 0) is 11.3 Å². The van der Waals surface area contributed by atoms with Crippen molar-refractivity contribution in [1.29, 1.82) is 0 Å². The number of aromatic amines is 1. The first kappa shape index (κ1) is 16.1. The highest BCUT2D eigenvalue weighted by Crippen LogP contribution is 2.21. The van der Waals surface area contributed by atoms with Gasteiger partial charge in [0.05, 0.1) is 11.6 Å². The number of hydrogen-bond donors (Lipinski definition) is 2. The minimum atomic E-state index is -0.00545. The van der Waals surface area contributed by atoms with Crippen LogP contribution in [0.2, 0.25) is 5.02 Å². The minimum absolute atomic E-state index is 0.00545. The lowest BCUT2D eigenvalue weighted by Gasteiger charge is -1.99. The molecule has 7 heteroatoms. The first-order valence-electron chi connectivity index (χ1n) is 7.45. The van der Waals surface area contributed by atoms with Crippen molar-refractivity contribution in [2.24, 2.45) is 0 Å². The molecule has 0 spiro atoms. The van der Waals surface area contributed by atoms with Gasteiger partial charge in [0.25, 0.3) is 0 Å². The monoisotopic (exact) mass is 342 g/mol. The SMILES string of the molecule is CCC(=O)NCc1cc2cc(Cl)c(C#Cc3cc(C)on3)nc2[nH]1. The third kappa shape index (κ3) is 3.58. The van der Waals surface area contributed by atoms with Gasteiger partial charge in [-0.15, -0.1) is 0 Å². The molecule has 0 bridgehead atoms. The fourth-order valence-corrected chi connectivity index (χ4v) is 2.35. The number of pyridine rings is 1. The summed E-state index contributed by atoms with van der Waals surface area (Å²) in [7, 11) is 0. The third-order valence-corrected chi connectivity index (χ3v) is 3.64. The van der Waals surface area contributed by atoms with E-state index >= 15 is 0 Å². The maximum Gasteiger partial charge on any atom is 0.220 e. The summed E-state index contributed by atoms with van der Waals surface area (Å²) < 4.78 is 4.97. The number of aryl methyl sites for hydroxylation is 1. The summed E-state index contributed by atoms with van der Waals surface area (Å²) in [6.07, 6.45) is 0.450. The number of hydrogen-bond acceptors (Lipinski definition) is 4. The average Bonchev–Trinajstić information content (AvgIpc) is 3.15. The van der Waals surface area contributed by atoms with E-state index in [-0.39, 0.29) is 5.91 Å². The molecule has 1 amide bonds. The zero-order chi connectivity index (χ0) is 17.1. The van der Waals surface area contributed by atoms with Crippen LogP contribution in [0.5, 0.6) is 0 Å². The van der Waals surface area contributed by atoms with Gasteiger partial charge in [-0.25, -0.2) is 4.98 Å². The Bertz CT molecular complexity index is 962. The second-order valence-electron chi connectivity index (χ2n) is 5.25. The fraction of sp³-hybridized carbons (Fsp3) is 0.235. The number of H-pyrrole nitrogens is 1. The van der Waals surface area contributed by atoms with Gasteiger partial charge in [0.15, 0.2) is 5.69 Å². The van der Waals surface area contributed by atoms with Crippen molar-refractivity contribution < 1.29 is 9.32 Å². The predicted molar refractivity (Wildman–Crippen MR) is 90.5 cm³/mol. The molecule has 3 heterocycles. The van der Waals surface area contributed by atoms with Crippen LogP contribution in [0.1, 0.15) is 36.2 Å². The number of rotatable bonds is 3. The standard InChI is InChI=1S/C17H15ClN4O2/c1-3-16(23)19-9-13-7-11-8-14(18)15(21-17(11)20-13)5-4-12-6-10(2)24-22-12/h6-8H,3,9H2,1-2H3,(H,19,23)(H,20,21). The van der Waals surface area contributed by atoms with Crippen LogP contribution in [0.4, 0.5) is 0 Å². The van der Waals surface area contributed by atoms with E-state index in [0.717, 1.165) is 11.1 Å². The molecule has 122 valence electrons. The van der Waals surface area contributed by atoms with Crippen molar-refractivity contribution in [1.82, 2.24) is 20.4 Å². The largest absolute Gasteiger partial charge is 0.360 e. The number of fused-ring (bicyclic) bond motifs is 1. The summed E-state index contributed by atoms with van der Waals surface area (Å²) in [4.78, 5) is 18.9. The van der Waals surface area contributed by atoms with Gasteiger partial charge in [-0.2, -0.15) is 0 Å². The van der Waals surface area contributed by atoms with E-state index in [0.29, 0.717) is 40.8 Å². The van der Waals surface area contributed by atoms with Gasteiger partial charge >= 0.3 is 0 Å². The Morgan fingerprint density at radius 1 is 1.38 bits per heavy atom. The minimum Gasteiger partial charge on any atom is -0.360 e. The lowest BCUT2D eigenvalue weighted by Crippen LogP contribution is -2.21. The molecule has 3 aromatic rings. The quantitative estimate of drug-likeness (QED) is 0.717. The second kappa shape index (κ2) is 6.77. The normalized spacial score (nSPS) is 10.5. The molecule has 0 saturated carbocycles. The van der Waals surface area contributed by atoms with Gasteiger partial charge in [0, 0.05) is 23.6 Å². The van der Waals surface area contributed by atoms with Gasteiger partial charge in [0.1, 0.15) is 17.1 Å². The van der Waals surface area contributed by atoms with Crippen LogP contribution in [0, 0.1) is 18.8 Å². The molecule has 0 aliphatic rings. The Kier molecular flexibility index (Phi) is 4.54. The number of carbonyl (C=O) groups excluding carboxylic acids is 1. The number of amides is 1. The highest BCUT2D eigenvalue weighted by atomic mass is 35.5. The molecule has 0 aliphatic heterocycles. The summed E-state index contributed by atoms with van der Waals surface area (Å²) >= 11 is 6.24. The molecule has 3 rings (SSSR count). The first-order valence-corrected chi connectivity index (χ1v) is 7.83. The van der Waals surface area contributed by atoms with Crippen molar-refractivity contribution >= 4 is 28.5 Å². The number of aromatic nitrogens is 3. The lowest BCUT2D eigenvalue weighted by atomic mass is 10.2. The van der Waals surface area contributed by atoms with E-state index in [1.165, 1.54) is 0 Å². The first-order chi connectivity index (χ1) is 11.5. The fourth-order valence-electron chi connectivity index (χ4n) is 2.14. The molecule has 3 aromatic heterocycles. The molecular formula is C17H15ClN4O2. The molecule has 0 aromatic carbocycles. The van der Waals surface area contributed by atoms with Crippen LogP contribution in [0.15, 0.2) is 22.7 Å². The highest BCUT2D eigenvalue weighted by molar-refractivity contribution is 6.32. The van der Waals surface area contributed by atoms with Crippen LogP contribution < -0.4 is 5.32 Å². The van der Waals surface area contributed by atoms with Crippen molar-refractivity contribution in [3.05, 3.63) is 46.1 Å². The molecule has 24 heavy (non-hydrogen) atoms. The number of nitrogens with zero attached hydrogens (tertiary/aromatic N) is 2. The molecule has 2 N–H and O–H groups in total. The van der Waals surface area contributed by atoms with E-state index in [9.17, 15) is 4.79 Å². The van der Waals surface area contributed by atoms with E-state index in [4.69, 9.17) is 16.1 Å². The van der Waals surface area contributed by atoms with Crippen molar-refractivity contribution in [3.63, 3.8) is 0 Å². The molecule has 0 saturated heterocycles. The van der Waals surface area contributed by atoms with E-state index < -0.39 is 0 Å². The van der Waals surface area contributed by atoms with Crippen LogP contribution in [0.25, 0.3) is 11.0 Å². The van der Waals surface area contributed by atoms with Crippen molar-refractivity contribution in [3.8, 4) is 11.8 Å². The topological polar surface area (TPSA) is 83.8 Å². The van der Waals surface area contributed by atoms with E-state index in [2.05, 4.69) is 32.3 Å². The molecule has 0 radical (unpaired) electrons. The predicted octanol–water partition coefficient (Wildman–Crippen LogP) is 2.94. The summed E-state index contributed by atoms with van der Waals surface area (Å²) in [5, 5.41) is 7.94. The number of carbonyl (C=O) groups is 1. The summed E-state index contributed by atoms with van der Waals surface area (Å²) in [5.41, 5.74) is 2.50. The van der Waals surface area contributed by atoms with Gasteiger partial charge in [-0.3, -0.25) is 4.79 Å². The average molecular weight is 343 g/mol. The Balaban J connectivity index is 1.86. The Hall–Kier alpha value is -2.78. The van der Waals surface area contributed by atoms with E-state index in [1.807, 2.05) is 13.0 Å². The van der Waals surface area contributed by atoms with Crippen molar-refractivity contribution in [2.75, 3.05) is 0 Å². The Labute approximate surface area is 143 Å². The second-order valence-corrected chi connectivity index (χ2v) is 5.66. The molecule has 0 fully saturated rings. The molecule has 6 nitrogen and oxygen atoms in total. The summed E-state index contributed by atoms with van der Waals surface area (Å²) in [6, 6.07) is 5.44. The van der Waals surface area contributed by atoms with Gasteiger partial charge < -0.3 is 14.8 Å². The molecular weight excluding hydrogens is 328 g/mol. The number of halogens is 1. The number of nitrogens with one attached hydrogen (secondary N) is 2. The highest BCUT2D eigenvalue weighted by Gasteiger charge is 2.08. The molecule has 0 aliphatic carbocycles. The van der Waals surface area contributed by atoms with Gasteiger partial charge in [-0.05, 0) is 30.9 Å². The Morgan fingerprint density at radius 2 is 2.21 bits per heavy atom. The maximum atomic E-state index is 11.3. The zero-order valence-electron chi connectivity index (χ0n) is 13.2. The van der Waals surface area contributed by atoms with Crippen molar-refractivity contribution in [2.45, 2.75) is 26.8 Å². The molecule has 0 unspecified atom stereocenters. The third-order valence-electron chi connectivity index (χ3n) is 3.35. The van der Waals surface area contributed by atoms with Crippen LogP contribution in [-0.4, -0.2) is 21.0 Å². The maximum absolute atomic E-state index is 11.3. The zero-order valence-corrected chi connectivity index (χ0v) is 14.0. The lowest BCUT2D eigenvalue weighted by molar-refractivity contribution is -0.120. The van der Waals surface area contributed by atoms with Crippen LogP contribution in [0.3, 0.4) is 0 Å².